The summed E-state index contributed by atoms with van der Waals surface area (Å²) in [4.78, 5) is 36.5. The van der Waals surface area contributed by atoms with Gasteiger partial charge < -0.3 is 10.0 Å². The van der Waals surface area contributed by atoms with E-state index in [4.69, 9.17) is 5.11 Å². The van der Waals surface area contributed by atoms with Crippen LogP contribution < -0.4 is 0 Å². The number of Topliss-reactive ketones (excluding diaryl/α,β-unsaturated/α-hetero) is 1. The number of aliphatic carboxylic acids is 1. The number of carbonyl (C=O) groups is 3. The highest BCUT2D eigenvalue weighted by Crippen LogP contribution is 2.40. The Morgan fingerprint density at radius 2 is 2.06 bits per heavy atom. The van der Waals surface area contributed by atoms with Crippen molar-refractivity contribution in [2.24, 2.45) is 5.92 Å². The van der Waals surface area contributed by atoms with Gasteiger partial charge in [-0.25, -0.2) is 0 Å². The summed E-state index contributed by atoms with van der Waals surface area (Å²) >= 11 is 1.39. The van der Waals surface area contributed by atoms with Crippen LogP contribution in [0.25, 0.3) is 0 Å². The normalized spacial score (nSPS) is 23.8. The van der Waals surface area contributed by atoms with Gasteiger partial charge in [0.05, 0.1) is 6.42 Å². The van der Waals surface area contributed by atoms with E-state index in [-0.39, 0.29) is 35.0 Å². The molecule has 0 bridgehead atoms. The van der Waals surface area contributed by atoms with Crippen LogP contribution in [0.3, 0.4) is 0 Å². The van der Waals surface area contributed by atoms with Crippen LogP contribution in [0, 0.1) is 5.92 Å². The molecule has 0 aromatic heterocycles. The summed E-state index contributed by atoms with van der Waals surface area (Å²) in [7, 11) is 1.61. The van der Waals surface area contributed by atoms with Gasteiger partial charge in [-0.3, -0.25) is 14.4 Å². The lowest BCUT2D eigenvalue weighted by Gasteiger charge is -2.20. The molecule has 0 aromatic carbocycles. The second-order valence-electron chi connectivity index (χ2n) is 4.61. The molecule has 0 spiro atoms. The predicted octanol–water partition coefficient (Wildman–Crippen LogP) is 0.898. The number of hydrogen-bond acceptors (Lipinski definition) is 4. The van der Waals surface area contributed by atoms with Crippen molar-refractivity contribution >= 4 is 29.4 Å². The molecule has 1 N–H and O–H groups in total. The van der Waals surface area contributed by atoms with Crippen molar-refractivity contribution in [3.63, 3.8) is 0 Å². The molecule has 2 rings (SSSR count). The molecule has 1 aliphatic heterocycles. The van der Waals surface area contributed by atoms with Gasteiger partial charge in [0.25, 0.3) is 5.91 Å². The summed E-state index contributed by atoms with van der Waals surface area (Å²) in [5.41, 5.74) is 0.584. The van der Waals surface area contributed by atoms with Crippen molar-refractivity contribution in [2.45, 2.75) is 24.6 Å². The molecule has 1 heterocycles. The molecular formula is C12H15NO4S. The van der Waals surface area contributed by atoms with E-state index in [2.05, 4.69) is 0 Å². The highest BCUT2D eigenvalue weighted by Gasteiger charge is 2.44. The molecule has 0 aromatic rings. The van der Waals surface area contributed by atoms with E-state index in [1.54, 1.807) is 7.05 Å². The van der Waals surface area contributed by atoms with Crippen LogP contribution in [0.5, 0.6) is 0 Å². The number of carbonyl (C=O) groups excluding carboxylic acids is 2. The number of carboxylic acid groups (broad SMARTS) is 1. The Bertz CT molecular complexity index is 453. The van der Waals surface area contributed by atoms with Crippen LogP contribution in [0.2, 0.25) is 0 Å². The topological polar surface area (TPSA) is 74.7 Å². The summed E-state index contributed by atoms with van der Waals surface area (Å²) in [5, 5.41) is 8.53. The molecule has 1 saturated carbocycles. The third kappa shape index (κ3) is 2.16. The van der Waals surface area contributed by atoms with Gasteiger partial charge in [0, 0.05) is 24.1 Å². The summed E-state index contributed by atoms with van der Waals surface area (Å²) in [6, 6.07) is 0. The first-order valence-electron chi connectivity index (χ1n) is 5.76. The first-order chi connectivity index (χ1) is 8.47. The molecule has 0 saturated heterocycles. The Hall–Kier alpha value is -1.30. The molecule has 1 fully saturated rings. The third-order valence-corrected chi connectivity index (χ3v) is 4.27. The Kier molecular flexibility index (Phi) is 3.47. The summed E-state index contributed by atoms with van der Waals surface area (Å²) in [5.74, 6) is -1.45. The number of hydrogen-bond donors (Lipinski definition) is 1. The maximum Gasteiger partial charge on any atom is 0.308 e. The highest BCUT2D eigenvalue weighted by molar-refractivity contribution is 7.99. The van der Waals surface area contributed by atoms with Gasteiger partial charge >= 0.3 is 5.97 Å². The first kappa shape index (κ1) is 13.1. The molecule has 1 atom stereocenters. The molecule has 98 valence electrons. The molecule has 2 aliphatic rings. The number of amides is 1. The number of thioether (sulfide) groups is 1. The van der Waals surface area contributed by atoms with Crippen molar-refractivity contribution in [2.75, 3.05) is 13.3 Å². The number of ketones is 1. The zero-order chi connectivity index (χ0) is 13.4. The number of carboxylic acids is 1. The molecule has 0 radical (unpaired) electrons. The highest BCUT2D eigenvalue weighted by atomic mass is 32.2. The van der Waals surface area contributed by atoms with Crippen molar-refractivity contribution in [3.05, 3.63) is 11.1 Å². The van der Waals surface area contributed by atoms with Gasteiger partial charge in [-0.1, -0.05) is 0 Å². The monoisotopic (exact) mass is 269 g/mol. The third-order valence-electron chi connectivity index (χ3n) is 3.27. The number of rotatable bonds is 5. The Labute approximate surface area is 109 Å². The maximum absolute atomic E-state index is 12.2. The Morgan fingerprint density at radius 1 is 1.44 bits per heavy atom. The zero-order valence-electron chi connectivity index (χ0n) is 10.3. The van der Waals surface area contributed by atoms with E-state index in [1.165, 1.54) is 16.7 Å². The number of likely N-dealkylation sites (N-methyl/N-ethyl adjacent to an activating group) is 1. The quantitative estimate of drug-likeness (QED) is 0.802. The second-order valence-corrected chi connectivity index (χ2v) is 5.52. The first-order valence-corrected chi connectivity index (χ1v) is 7.05. The smallest absolute Gasteiger partial charge is 0.308 e. The van der Waals surface area contributed by atoms with Gasteiger partial charge in [0.15, 0.2) is 5.78 Å². The summed E-state index contributed by atoms with van der Waals surface area (Å²) < 4.78 is 0. The van der Waals surface area contributed by atoms with Crippen molar-refractivity contribution < 1.29 is 19.5 Å². The van der Waals surface area contributed by atoms with Crippen LogP contribution in [0.4, 0.5) is 0 Å². The standard InChI is InChI=1S/C12H15NO4S/c1-13-11(17)7(5-8(14)15)9(12(13)18-2)10(16)6-3-4-6/h6,12H,3-5H2,1-2H3,(H,14,15)/t12-/m1/s1. The Balaban J connectivity index is 2.40. The molecule has 18 heavy (non-hydrogen) atoms. The number of nitrogens with zero attached hydrogens (tertiary/aromatic N) is 1. The minimum atomic E-state index is -1.07. The average molecular weight is 269 g/mol. The van der Waals surface area contributed by atoms with Gasteiger partial charge in [0.1, 0.15) is 5.37 Å². The van der Waals surface area contributed by atoms with Crippen LogP contribution >= 0.6 is 11.8 Å². The van der Waals surface area contributed by atoms with Crippen molar-refractivity contribution in [1.82, 2.24) is 4.90 Å². The van der Waals surface area contributed by atoms with E-state index < -0.39 is 5.97 Å². The van der Waals surface area contributed by atoms with E-state index >= 15 is 0 Å². The maximum atomic E-state index is 12.2. The lowest BCUT2D eigenvalue weighted by atomic mass is 10.0. The fourth-order valence-corrected chi connectivity index (χ4v) is 3.12. The fraction of sp³-hybridized carbons (Fsp3) is 0.583. The van der Waals surface area contributed by atoms with Gasteiger partial charge in [-0.2, -0.15) is 0 Å². The lowest BCUT2D eigenvalue weighted by molar-refractivity contribution is -0.137. The molecule has 5 nitrogen and oxygen atoms in total. The minimum absolute atomic E-state index is 0.00209. The van der Waals surface area contributed by atoms with Gasteiger partial charge in [0.2, 0.25) is 0 Å². The zero-order valence-corrected chi connectivity index (χ0v) is 11.1. The van der Waals surface area contributed by atoms with E-state index in [1.807, 2.05) is 6.26 Å². The molecule has 1 aliphatic carbocycles. The van der Waals surface area contributed by atoms with Crippen LogP contribution in [0.15, 0.2) is 11.1 Å². The fourth-order valence-electron chi connectivity index (χ4n) is 2.21. The van der Waals surface area contributed by atoms with Crippen molar-refractivity contribution in [3.8, 4) is 0 Å². The molecule has 1 amide bonds. The minimum Gasteiger partial charge on any atom is -0.481 e. The predicted molar refractivity (Wildman–Crippen MR) is 67.1 cm³/mol. The van der Waals surface area contributed by atoms with Crippen LogP contribution in [-0.4, -0.2) is 46.3 Å². The van der Waals surface area contributed by atoms with Gasteiger partial charge in [-0.15, -0.1) is 11.8 Å². The summed E-state index contributed by atoms with van der Waals surface area (Å²) in [6.07, 6.45) is 3.15. The molecule has 0 unspecified atom stereocenters. The van der Waals surface area contributed by atoms with E-state index in [0.717, 1.165) is 12.8 Å². The van der Waals surface area contributed by atoms with E-state index in [9.17, 15) is 14.4 Å². The molecular weight excluding hydrogens is 254 g/mol. The lowest BCUT2D eigenvalue weighted by Crippen LogP contribution is -2.30. The Morgan fingerprint density at radius 3 is 2.50 bits per heavy atom. The SMILES string of the molecule is CS[C@@H]1C(C(=O)C2CC2)=C(CC(=O)O)C(=O)N1C. The largest absolute Gasteiger partial charge is 0.481 e. The van der Waals surface area contributed by atoms with Crippen LogP contribution in [0.1, 0.15) is 19.3 Å². The van der Waals surface area contributed by atoms with E-state index in [0.29, 0.717) is 5.57 Å². The van der Waals surface area contributed by atoms with Gasteiger partial charge in [-0.05, 0) is 19.1 Å². The average Bonchev–Trinajstić information content (AvgIpc) is 3.11. The second kappa shape index (κ2) is 4.76. The van der Waals surface area contributed by atoms with Crippen molar-refractivity contribution in [1.29, 1.82) is 0 Å². The molecule has 6 heteroatoms. The van der Waals surface area contributed by atoms with Crippen LogP contribution in [-0.2, 0) is 14.4 Å². The summed E-state index contributed by atoms with van der Waals surface area (Å²) in [6.45, 7) is 0.